The smallest absolute Gasteiger partial charge is 0.203 e. The molecule has 34 heavy (non-hydrogen) atoms. The topological polar surface area (TPSA) is 107 Å². The zero-order valence-electron chi connectivity index (χ0n) is 20.1. The third kappa shape index (κ3) is 5.82. The van der Waals surface area contributed by atoms with Crippen molar-refractivity contribution in [2.24, 2.45) is 0 Å². The van der Waals surface area contributed by atoms with E-state index in [0.29, 0.717) is 28.6 Å². The van der Waals surface area contributed by atoms with Gasteiger partial charge >= 0.3 is 0 Å². The largest absolute Gasteiger partial charge is 0.493 e. The Morgan fingerprint density at radius 2 is 1.12 bits per heavy atom. The second-order valence-corrected chi connectivity index (χ2v) is 8.64. The van der Waals surface area contributed by atoms with Gasteiger partial charge in [0.25, 0.3) is 0 Å². The number of carbonyl (C=O) groups is 1. The molecular weight excluding hydrogens is 464 g/mol. The summed E-state index contributed by atoms with van der Waals surface area (Å²) in [6.07, 6.45) is 2.40. The number of benzene rings is 2. The molecule has 10 heteroatoms. The van der Waals surface area contributed by atoms with Gasteiger partial charge in [0.05, 0.1) is 47.6 Å². The van der Waals surface area contributed by atoms with Gasteiger partial charge in [0.1, 0.15) is 0 Å². The van der Waals surface area contributed by atoms with Gasteiger partial charge in [-0.2, -0.15) is 0 Å². The van der Waals surface area contributed by atoms with Gasteiger partial charge in [-0.3, -0.25) is 4.79 Å². The number of rotatable bonds is 11. The molecule has 0 aliphatic heterocycles. The summed E-state index contributed by atoms with van der Waals surface area (Å²) in [5, 5.41) is 0.992. The number of ketones is 1. The van der Waals surface area contributed by atoms with Gasteiger partial charge in [-0.25, -0.2) is 8.42 Å². The maximum absolute atomic E-state index is 13.3. The minimum Gasteiger partial charge on any atom is -0.493 e. The van der Waals surface area contributed by atoms with Gasteiger partial charge in [-0.15, -0.1) is 0 Å². The van der Waals surface area contributed by atoms with Gasteiger partial charge in [-0.05, 0) is 42.8 Å². The van der Waals surface area contributed by atoms with Crippen molar-refractivity contribution in [3.05, 3.63) is 46.9 Å². The molecule has 0 heterocycles. The van der Waals surface area contributed by atoms with Crippen molar-refractivity contribution in [1.82, 2.24) is 0 Å². The molecule has 0 N–H and O–H groups in total. The van der Waals surface area contributed by atoms with E-state index < -0.39 is 15.6 Å². The van der Waals surface area contributed by atoms with Crippen molar-refractivity contribution in [2.45, 2.75) is 6.92 Å². The molecule has 2 rings (SSSR count). The highest BCUT2D eigenvalue weighted by molar-refractivity contribution is 8.03. The van der Waals surface area contributed by atoms with Crippen LogP contribution in [0, 0.1) is 0 Å². The number of sulfone groups is 1. The first-order valence-corrected chi connectivity index (χ1v) is 11.5. The molecule has 0 saturated carbocycles. The lowest BCUT2D eigenvalue weighted by Gasteiger charge is -2.15. The molecule has 184 valence electrons. The fourth-order valence-corrected chi connectivity index (χ4v) is 4.44. The number of allylic oxidation sites excluding steroid dienone is 1. The van der Waals surface area contributed by atoms with Gasteiger partial charge in [0, 0.05) is 17.0 Å². The molecule has 0 atom stereocenters. The SMILES string of the molecule is COc1cc(C=CS(=O)(=O)/C(=C/C(C)=O)c2cc(OC)c(OC)c(OC)c2)cc(OC)c1OC. The first kappa shape index (κ1) is 26.6. The predicted octanol–water partition coefficient (Wildman–Crippen LogP) is 3.75. The minimum absolute atomic E-state index is 0.194. The number of methoxy groups -OCH3 is 6. The molecule has 0 aliphatic carbocycles. The van der Waals surface area contributed by atoms with Gasteiger partial charge in [0.15, 0.2) is 28.8 Å². The number of carbonyl (C=O) groups excluding carboxylic acids is 1. The maximum Gasteiger partial charge on any atom is 0.203 e. The van der Waals surface area contributed by atoms with E-state index in [-0.39, 0.29) is 22.0 Å². The van der Waals surface area contributed by atoms with Crippen LogP contribution in [0.15, 0.2) is 35.7 Å². The molecule has 0 saturated heterocycles. The van der Waals surface area contributed by atoms with Crippen LogP contribution in [0.1, 0.15) is 18.1 Å². The molecule has 0 spiro atoms. The fraction of sp³-hybridized carbons (Fsp3) is 0.292. The van der Waals surface area contributed by atoms with E-state index in [2.05, 4.69) is 0 Å². The second-order valence-electron chi connectivity index (χ2n) is 6.84. The molecule has 0 fully saturated rings. The maximum atomic E-state index is 13.3. The van der Waals surface area contributed by atoms with Gasteiger partial charge in [0.2, 0.25) is 21.3 Å². The van der Waals surface area contributed by atoms with Crippen molar-refractivity contribution in [3.63, 3.8) is 0 Å². The number of ether oxygens (including phenoxy) is 6. The Morgan fingerprint density at radius 3 is 1.47 bits per heavy atom. The third-order valence-electron chi connectivity index (χ3n) is 4.72. The van der Waals surface area contributed by atoms with Crippen LogP contribution in [0.2, 0.25) is 0 Å². The van der Waals surface area contributed by atoms with Crippen molar-refractivity contribution < 1.29 is 41.6 Å². The van der Waals surface area contributed by atoms with Crippen LogP contribution in [0.25, 0.3) is 11.0 Å². The van der Waals surface area contributed by atoms with E-state index in [1.54, 1.807) is 12.1 Å². The van der Waals surface area contributed by atoms with Crippen LogP contribution in [-0.2, 0) is 14.6 Å². The number of hydrogen-bond acceptors (Lipinski definition) is 9. The molecule has 2 aromatic rings. The fourth-order valence-electron chi connectivity index (χ4n) is 3.18. The van der Waals surface area contributed by atoms with Crippen molar-refractivity contribution in [2.75, 3.05) is 42.7 Å². The van der Waals surface area contributed by atoms with E-state index in [4.69, 9.17) is 28.4 Å². The zero-order chi connectivity index (χ0) is 25.5. The van der Waals surface area contributed by atoms with Crippen LogP contribution >= 0.6 is 0 Å². The zero-order valence-corrected chi connectivity index (χ0v) is 20.9. The molecule has 2 aromatic carbocycles. The van der Waals surface area contributed by atoms with Crippen LogP contribution in [-0.4, -0.2) is 56.9 Å². The van der Waals surface area contributed by atoms with Crippen molar-refractivity contribution in [3.8, 4) is 34.5 Å². The molecule has 0 aromatic heterocycles. The average Bonchev–Trinajstić information content (AvgIpc) is 2.83. The quantitative estimate of drug-likeness (QED) is 0.434. The summed E-state index contributed by atoms with van der Waals surface area (Å²) in [5.41, 5.74) is 0.671. The Hall–Kier alpha value is -3.66. The monoisotopic (exact) mass is 492 g/mol. The summed E-state index contributed by atoms with van der Waals surface area (Å²) in [6, 6.07) is 6.12. The Labute approximate surface area is 199 Å². The van der Waals surface area contributed by atoms with E-state index >= 15 is 0 Å². The summed E-state index contributed by atoms with van der Waals surface area (Å²) in [4.78, 5) is 11.7. The lowest BCUT2D eigenvalue weighted by atomic mass is 10.1. The van der Waals surface area contributed by atoms with E-state index in [1.165, 1.54) is 67.8 Å². The van der Waals surface area contributed by atoms with E-state index in [0.717, 1.165) is 11.5 Å². The predicted molar refractivity (Wildman–Crippen MR) is 129 cm³/mol. The average molecular weight is 493 g/mol. The van der Waals surface area contributed by atoms with Gasteiger partial charge in [-0.1, -0.05) is 0 Å². The lowest BCUT2D eigenvalue weighted by molar-refractivity contribution is -0.112. The van der Waals surface area contributed by atoms with E-state index in [1.807, 2.05) is 0 Å². The van der Waals surface area contributed by atoms with Crippen LogP contribution in [0.3, 0.4) is 0 Å². The Morgan fingerprint density at radius 1 is 0.706 bits per heavy atom. The molecule has 0 aliphatic rings. The summed E-state index contributed by atoms with van der Waals surface area (Å²) < 4.78 is 58.5. The molecule has 0 radical (unpaired) electrons. The summed E-state index contributed by atoms with van der Waals surface area (Å²) in [7, 11) is 4.54. The highest BCUT2D eigenvalue weighted by Crippen LogP contribution is 2.42. The number of hydrogen-bond donors (Lipinski definition) is 0. The Bertz CT molecular complexity index is 1160. The van der Waals surface area contributed by atoms with Gasteiger partial charge < -0.3 is 28.4 Å². The summed E-state index contributed by atoms with van der Waals surface area (Å²) in [5.74, 6) is 1.44. The van der Waals surface area contributed by atoms with Crippen LogP contribution in [0.4, 0.5) is 0 Å². The Kier molecular flexibility index (Phi) is 8.97. The van der Waals surface area contributed by atoms with Crippen molar-refractivity contribution in [1.29, 1.82) is 0 Å². The molecular formula is C24H28O9S. The molecule has 0 unspecified atom stereocenters. The highest BCUT2D eigenvalue weighted by Gasteiger charge is 2.23. The van der Waals surface area contributed by atoms with E-state index in [9.17, 15) is 13.2 Å². The highest BCUT2D eigenvalue weighted by atomic mass is 32.2. The molecule has 0 bridgehead atoms. The van der Waals surface area contributed by atoms with Crippen LogP contribution in [0.5, 0.6) is 34.5 Å². The lowest BCUT2D eigenvalue weighted by Crippen LogP contribution is -2.04. The first-order chi connectivity index (χ1) is 16.1. The Balaban J connectivity index is 2.64. The molecule has 0 amide bonds. The second kappa shape index (κ2) is 11.5. The van der Waals surface area contributed by atoms with Crippen LogP contribution < -0.4 is 28.4 Å². The first-order valence-electron chi connectivity index (χ1n) is 9.91. The third-order valence-corrected chi connectivity index (χ3v) is 6.18. The summed E-state index contributed by atoms with van der Waals surface area (Å²) >= 11 is 0. The van der Waals surface area contributed by atoms with Crippen molar-refractivity contribution >= 4 is 26.6 Å². The standard InChI is InChI=1S/C24H28O9S/c1-15(25)10-22(17-13-20(30-4)24(33-7)21(14-17)31-5)34(26,27)9-8-16-11-18(28-2)23(32-6)19(12-16)29-3/h8-14H,1-7H3/b9-8?,22-10+. The molecule has 9 nitrogen and oxygen atoms in total. The minimum atomic E-state index is -4.10. The summed E-state index contributed by atoms with van der Waals surface area (Å²) in [6.45, 7) is 1.26. The normalized spacial score (nSPS) is 11.8.